The maximum Gasteiger partial charge on any atom is 0.0183 e. The summed E-state index contributed by atoms with van der Waals surface area (Å²) in [4.78, 5) is 0. The summed E-state index contributed by atoms with van der Waals surface area (Å²) in [6.07, 6.45) is 4.07. The second-order valence-corrected chi connectivity index (χ2v) is 5.97. The maximum atomic E-state index is 3.70. The lowest BCUT2D eigenvalue weighted by Crippen LogP contribution is -2.37. The van der Waals surface area contributed by atoms with Gasteiger partial charge in [0, 0.05) is 25.7 Å². The Bertz CT molecular complexity index is 260. The first-order valence-corrected chi connectivity index (χ1v) is 6.18. The lowest BCUT2D eigenvalue weighted by Gasteiger charge is -2.23. The topological polar surface area (TPSA) is 24.1 Å². The Morgan fingerprint density at radius 1 is 1.47 bits per heavy atom. The van der Waals surface area contributed by atoms with Crippen molar-refractivity contribution in [1.82, 2.24) is 10.6 Å². The van der Waals surface area contributed by atoms with Gasteiger partial charge in [0.1, 0.15) is 0 Å². The first-order valence-electron chi connectivity index (χ1n) is 6.18. The van der Waals surface area contributed by atoms with Gasteiger partial charge in [0.25, 0.3) is 0 Å². The quantitative estimate of drug-likeness (QED) is 0.694. The molecule has 0 bridgehead atoms. The molecule has 2 aliphatic rings. The molecule has 1 atom stereocenters. The molecule has 0 spiro atoms. The summed E-state index contributed by atoms with van der Waals surface area (Å²) in [7, 11) is 0. The minimum Gasteiger partial charge on any atom is -0.310 e. The average Bonchev–Trinajstić information content (AvgIpc) is 2.39. The van der Waals surface area contributed by atoms with E-state index in [0.29, 0.717) is 5.41 Å². The predicted molar refractivity (Wildman–Crippen MR) is 65.0 cm³/mol. The standard InChI is InChI=1S/C13H24N2/c1-10(11-8-14-9-11)7-15-12-4-5-13(2,3)6-12/h12,14-15H,4-9H2,1-3H3. The van der Waals surface area contributed by atoms with Crippen molar-refractivity contribution in [3.05, 3.63) is 11.1 Å². The van der Waals surface area contributed by atoms with Crippen LogP contribution in [0.5, 0.6) is 0 Å². The third-order valence-electron chi connectivity index (χ3n) is 3.90. The van der Waals surface area contributed by atoms with Crippen molar-refractivity contribution >= 4 is 0 Å². The highest BCUT2D eigenvalue weighted by atomic mass is 14.9. The van der Waals surface area contributed by atoms with Gasteiger partial charge in [0.05, 0.1) is 0 Å². The smallest absolute Gasteiger partial charge is 0.0183 e. The monoisotopic (exact) mass is 208 g/mol. The molecule has 2 nitrogen and oxygen atoms in total. The van der Waals surface area contributed by atoms with E-state index in [1.807, 2.05) is 0 Å². The van der Waals surface area contributed by atoms with Gasteiger partial charge in [-0.3, -0.25) is 0 Å². The van der Waals surface area contributed by atoms with Crippen molar-refractivity contribution in [3.63, 3.8) is 0 Å². The summed E-state index contributed by atoms with van der Waals surface area (Å²) in [5.74, 6) is 0. The Hall–Kier alpha value is -0.340. The summed E-state index contributed by atoms with van der Waals surface area (Å²) >= 11 is 0. The van der Waals surface area contributed by atoms with Crippen molar-refractivity contribution in [1.29, 1.82) is 0 Å². The van der Waals surface area contributed by atoms with E-state index in [9.17, 15) is 0 Å². The van der Waals surface area contributed by atoms with E-state index < -0.39 is 0 Å². The van der Waals surface area contributed by atoms with Gasteiger partial charge < -0.3 is 10.6 Å². The molecule has 0 aromatic carbocycles. The van der Waals surface area contributed by atoms with E-state index in [2.05, 4.69) is 31.4 Å². The molecule has 1 heterocycles. The fraction of sp³-hybridized carbons (Fsp3) is 0.846. The highest BCUT2D eigenvalue weighted by Gasteiger charge is 2.30. The van der Waals surface area contributed by atoms with Crippen LogP contribution in [0.15, 0.2) is 11.1 Å². The first-order chi connectivity index (χ1) is 7.07. The summed E-state index contributed by atoms with van der Waals surface area (Å²) in [5.41, 5.74) is 3.73. The molecule has 1 saturated carbocycles. The molecule has 1 unspecified atom stereocenters. The molecule has 0 radical (unpaired) electrons. The molecule has 2 fully saturated rings. The van der Waals surface area contributed by atoms with Crippen LogP contribution < -0.4 is 10.6 Å². The van der Waals surface area contributed by atoms with Crippen LogP contribution in [0.1, 0.15) is 40.0 Å². The van der Waals surface area contributed by atoms with E-state index in [0.717, 1.165) is 25.7 Å². The van der Waals surface area contributed by atoms with E-state index in [1.54, 1.807) is 11.1 Å². The van der Waals surface area contributed by atoms with Crippen LogP contribution in [0, 0.1) is 5.41 Å². The molecule has 0 aromatic heterocycles. The Labute approximate surface area is 93.5 Å². The van der Waals surface area contributed by atoms with Crippen LogP contribution in [0.4, 0.5) is 0 Å². The predicted octanol–water partition coefficient (Wildman–Crippen LogP) is 2.07. The highest BCUT2D eigenvalue weighted by Crippen LogP contribution is 2.36. The summed E-state index contributed by atoms with van der Waals surface area (Å²) < 4.78 is 0. The Balaban J connectivity index is 1.75. The molecule has 2 heteroatoms. The fourth-order valence-corrected chi connectivity index (χ4v) is 2.58. The molecule has 2 N–H and O–H groups in total. The summed E-state index contributed by atoms with van der Waals surface area (Å²) in [6, 6.07) is 0.753. The minimum atomic E-state index is 0.566. The molecule has 1 aliphatic carbocycles. The van der Waals surface area contributed by atoms with Gasteiger partial charge in [-0.15, -0.1) is 0 Å². The third kappa shape index (κ3) is 2.82. The first kappa shape index (κ1) is 11.2. The van der Waals surface area contributed by atoms with Crippen LogP contribution >= 0.6 is 0 Å². The van der Waals surface area contributed by atoms with Gasteiger partial charge in [-0.2, -0.15) is 0 Å². The Kier molecular flexibility index (Phi) is 3.17. The molecular weight excluding hydrogens is 184 g/mol. The zero-order valence-electron chi connectivity index (χ0n) is 10.3. The SMILES string of the molecule is CC(CNC1CCC(C)(C)C1)=C1CNC1. The third-order valence-corrected chi connectivity index (χ3v) is 3.90. The highest BCUT2D eigenvalue weighted by molar-refractivity contribution is 5.22. The Morgan fingerprint density at radius 3 is 2.67 bits per heavy atom. The Morgan fingerprint density at radius 2 is 2.20 bits per heavy atom. The van der Waals surface area contributed by atoms with Crippen molar-refractivity contribution in [3.8, 4) is 0 Å². The zero-order valence-corrected chi connectivity index (χ0v) is 10.3. The molecule has 2 rings (SSSR count). The van der Waals surface area contributed by atoms with E-state index in [-0.39, 0.29) is 0 Å². The van der Waals surface area contributed by atoms with Gasteiger partial charge in [-0.25, -0.2) is 0 Å². The van der Waals surface area contributed by atoms with Gasteiger partial charge >= 0.3 is 0 Å². The molecule has 1 aliphatic heterocycles. The van der Waals surface area contributed by atoms with Crippen LogP contribution in [0.3, 0.4) is 0 Å². The normalized spacial score (nSPS) is 29.0. The number of nitrogens with one attached hydrogen (secondary N) is 2. The maximum absolute atomic E-state index is 3.70. The summed E-state index contributed by atoms with van der Waals surface area (Å²) in [5, 5.41) is 7.00. The fourth-order valence-electron chi connectivity index (χ4n) is 2.58. The van der Waals surface area contributed by atoms with Crippen LogP contribution in [-0.4, -0.2) is 25.7 Å². The van der Waals surface area contributed by atoms with Crippen molar-refractivity contribution in [2.45, 2.75) is 46.1 Å². The molecular formula is C13H24N2. The van der Waals surface area contributed by atoms with Gasteiger partial charge in [-0.1, -0.05) is 19.4 Å². The molecule has 1 saturated heterocycles. The van der Waals surface area contributed by atoms with Crippen LogP contribution in [0.2, 0.25) is 0 Å². The van der Waals surface area contributed by atoms with Crippen molar-refractivity contribution in [2.24, 2.45) is 5.41 Å². The molecule has 0 amide bonds. The second kappa shape index (κ2) is 4.26. The second-order valence-electron chi connectivity index (χ2n) is 5.97. The molecule has 0 aromatic rings. The number of rotatable bonds is 3. The lowest BCUT2D eigenvalue weighted by molar-refractivity contribution is 0.366. The van der Waals surface area contributed by atoms with Crippen molar-refractivity contribution in [2.75, 3.05) is 19.6 Å². The van der Waals surface area contributed by atoms with E-state index in [1.165, 1.54) is 19.3 Å². The zero-order chi connectivity index (χ0) is 10.9. The van der Waals surface area contributed by atoms with Crippen molar-refractivity contribution < 1.29 is 0 Å². The lowest BCUT2D eigenvalue weighted by atomic mass is 9.92. The van der Waals surface area contributed by atoms with Gasteiger partial charge in [0.2, 0.25) is 0 Å². The summed E-state index contributed by atoms with van der Waals surface area (Å²) in [6.45, 7) is 10.4. The van der Waals surface area contributed by atoms with Gasteiger partial charge in [0.15, 0.2) is 0 Å². The number of hydrogen-bond acceptors (Lipinski definition) is 2. The average molecular weight is 208 g/mol. The number of hydrogen-bond donors (Lipinski definition) is 2. The van der Waals surface area contributed by atoms with Gasteiger partial charge in [-0.05, 0) is 37.2 Å². The van der Waals surface area contributed by atoms with Crippen LogP contribution in [-0.2, 0) is 0 Å². The largest absolute Gasteiger partial charge is 0.310 e. The minimum absolute atomic E-state index is 0.566. The van der Waals surface area contributed by atoms with E-state index in [4.69, 9.17) is 0 Å². The molecule has 15 heavy (non-hydrogen) atoms. The van der Waals surface area contributed by atoms with Crippen LogP contribution in [0.25, 0.3) is 0 Å². The van der Waals surface area contributed by atoms with E-state index >= 15 is 0 Å². The molecule has 86 valence electrons.